The van der Waals surface area contributed by atoms with Crippen molar-refractivity contribution in [2.45, 2.75) is 26.3 Å². The highest BCUT2D eigenvalue weighted by Gasteiger charge is 2.30. The Bertz CT molecular complexity index is 353. The van der Waals surface area contributed by atoms with Gasteiger partial charge >= 0.3 is 0 Å². The van der Waals surface area contributed by atoms with Crippen molar-refractivity contribution in [2.75, 3.05) is 38.2 Å². The molecule has 1 unspecified atom stereocenters. The number of likely N-dealkylation sites (N-methyl/N-ethyl adjacent to an activating group) is 1. The number of sulfone groups is 1. The Balaban J connectivity index is 2.64. The molecular formula is C11H22N2O3S. The third-order valence-electron chi connectivity index (χ3n) is 3.36. The summed E-state index contributed by atoms with van der Waals surface area (Å²) in [5, 5.41) is 0. The SMILES string of the molecule is CCC(C(=O)N1CCS(=O)(=O)CC1)N(C)CC. The second kappa shape index (κ2) is 5.82. The minimum Gasteiger partial charge on any atom is -0.339 e. The first-order valence-corrected chi connectivity index (χ1v) is 7.93. The fourth-order valence-corrected chi connectivity index (χ4v) is 3.24. The molecule has 0 spiro atoms. The van der Waals surface area contributed by atoms with Crippen LogP contribution in [0.1, 0.15) is 20.3 Å². The molecule has 0 aromatic carbocycles. The van der Waals surface area contributed by atoms with E-state index in [-0.39, 0.29) is 23.5 Å². The summed E-state index contributed by atoms with van der Waals surface area (Å²) in [7, 11) is -0.992. The van der Waals surface area contributed by atoms with E-state index in [4.69, 9.17) is 0 Å². The first kappa shape index (κ1) is 14.4. The van der Waals surface area contributed by atoms with Crippen LogP contribution in [-0.4, -0.2) is 68.4 Å². The monoisotopic (exact) mass is 262 g/mol. The Morgan fingerprint density at radius 3 is 2.24 bits per heavy atom. The Kier molecular flexibility index (Phi) is 4.94. The lowest BCUT2D eigenvalue weighted by molar-refractivity contribution is -0.136. The van der Waals surface area contributed by atoms with Gasteiger partial charge in [-0.15, -0.1) is 0 Å². The number of carbonyl (C=O) groups excluding carboxylic acids is 1. The zero-order valence-electron chi connectivity index (χ0n) is 10.8. The number of amides is 1. The van der Waals surface area contributed by atoms with Crippen LogP contribution in [0.25, 0.3) is 0 Å². The van der Waals surface area contributed by atoms with Gasteiger partial charge in [-0.3, -0.25) is 9.69 Å². The molecule has 0 radical (unpaired) electrons. The van der Waals surface area contributed by atoms with Crippen LogP contribution in [0.5, 0.6) is 0 Å². The van der Waals surface area contributed by atoms with Crippen LogP contribution < -0.4 is 0 Å². The van der Waals surface area contributed by atoms with Gasteiger partial charge in [0.25, 0.3) is 0 Å². The van der Waals surface area contributed by atoms with Gasteiger partial charge in [-0.2, -0.15) is 0 Å². The van der Waals surface area contributed by atoms with Gasteiger partial charge < -0.3 is 4.90 Å². The summed E-state index contributed by atoms with van der Waals surface area (Å²) in [5.41, 5.74) is 0. The van der Waals surface area contributed by atoms with E-state index < -0.39 is 9.84 Å². The van der Waals surface area contributed by atoms with E-state index in [2.05, 4.69) is 0 Å². The highest BCUT2D eigenvalue weighted by atomic mass is 32.2. The lowest BCUT2D eigenvalue weighted by Gasteiger charge is -2.33. The van der Waals surface area contributed by atoms with Gasteiger partial charge in [0.1, 0.15) is 0 Å². The van der Waals surface area contributed by atoms with Gasteiger partial charge in [0.05, 0.1) is 17.5 Å². The molecule has 1 rings (SSSR count). The highest BCUT2D eigenvalue weighted by molar-refractivity contribution is 7.91. The maximum atomic E-state index is 12.2. The molecule has 0 N–H and O–H groups in total. The van der Waals surface area contributed by atoms with Gasteiger partial charge in [0.2, 0.25) is 5.91 Å². The van der Waals surface area contributed by atoms with E-state index in [0.717, 1.165) is 13.0 Å². The minimum absolute atomic E-state index is 0.0618. The quantitative estimate of drug-likeness (QED) is 0.714. The summed E-state index contributed by atoms with van der Waals surface area (Å²) in [5.74, 6) is 0.266. The third kappa shape index (κ3) is 3.67. The fourth-order valence-electron chi connectivity index (χ4n) is 2.04. The molecule has 1 amide bonds. The van der Waals surface area contributed by atoms with Gasteiger partial charge in [-0.05, 0) is 20.0 Å². The lowest BCUT2D eigenvalue weighted by atomic mass is 10.1. The minimum atomic E-state index is -2.91. The van der Waals surface area contributed by atoms with Crippen molar-refractivity contribution in [3.8, 4) is 0 Å². The molecule has 5 nitrogen and oxygen atoms in total. The number of nitrogens with zero attached hydrogens (tertiary/aromatic N) is 2. The summed E-state index contributed by atoms with van der Waals surface area (Å²) in [6.45, 7) is 5.49. The standard InChI is InChI=1S/C11H22N2O3S/c1-4-10(12(3)5-2)11(14)13-6-8-17(15,16)9-7-13/h10H,4-9H2,1-3H3. The summed E-state index contributed by atoms with van der Waals surface area (Å²) in [6, 6.07) is -0.124. The van der Waals surface area contributed by atoms with Gasteiger partial charge in [-0.1, -0.05) is 13.8 Å². The van der Waals surface area contributed by atoms with E-state index in [9.17, 15) is 13.2 Å². The maximum Gasteiger partial charge on any atom is 0.239 e. The summed E-state index contributed by atoms with van der Waals surface area (Å²) >= 11 is 0. The third-order valence-corrected chi connectivity index (χ3v) is 4.97. The van der Waals surface area contributed by atoms with E-state index in [0.29, 0.717) is 13.1 Å². The zero-order valence-corrected chi connectivity index (χ0v) is 11.7. The van der Waals surface area contributed by atoms with Crippen LogP contribution in [0.2, 0.25) is 0 Å². The van der Waals surface area contributed by atoms with Crippen molar-refractivity contribution in [2.24, 2.45) is 0 Å². The van der Waals surface area contributed by atoms with Crippen LogP contribution in [0.4, 0.5) is 0 Å². The second-order valence-corrected chi connectivity index (χ2v) is 6.78. The van der Waals surface area contributed by atoms with Gasteiger partial charge in [-0.25, -0.2) is 8.42 Å². The summed E-state index contributed by atoms with van der Waals surface area (Å²) < 4.78 is 22.6. The predicted octanol–water partition coefficient (Wildman–Crippen LogP) is -0.0263. The van der Waals surface area contributed by atoms with E-state index in [1.54, 1.807) is 4.90 Å². The molecule has 1 aliphatic rings. The predicted molar refractivity (Wildman–Crippen MR) is 67.6 cm³/mol. The number of carbonyl (C=O) groups is 1. The molecule has 1 fully saturated rings. The topological polar surface area (TPSA) is 57.7 Å². The zero-order chi connectivity index (χ0) is 13.1. The molecule has 1 saturated heterocycles. The van der Waals surface area contributed by atoms with E-state index >= 15 is 0 Å². The van der Waals surface area contributed by atoms with Crippen LogP contribution in [0.3, 0.4) is 0 Å². The normalized spacial score (nSPS) is 21.5. The summed E-state index contributed by atoms with van der Waals surface area (Å²) in [4.78, 5) is 15.9. The first-order valence-electron chi connectivity index (χ1n) is 6.10. The molecule has 100 valence electrons. The Labute approximate surface area is 104 Å². The molecule has 17 heavy (non-hydrogen) atoms. The van der Waals surface area contributed by atoms with E-state index in [1.165, 1.54) is 0 Å². The molecular weight excluding hydrogens is 240 g/mol. The van der Waals surface area contributed by atoms with Crippen LogP contribution >= 0.6 is 0 Å². The average Bonchev–Trinajstić information content (AvgIpc) is 2.29. The van der Waals surface area contributed by atoms with Crippen molar-refractivity contribution in [1.82, 2.24) is 9.80 Å². The van der Waals surface area contributed by atoms with E-state index in [1.807, 2.05) is 25.8 Å². The van der Waals surface area contributed by atoms with Crippen molar-refractivity contribution in [3.63, 3.8) is 0 Å². The van der Waals surface area contributed by atoms with Crippen LogP contribution in [0, 0.1) is 0 Å². The highest BCUT2D eigenvalue weighted by Crippen LogP contribution is 2.10. The van der Waals surface area contributed by atoms with Crippen molar-refractivity contribution < 1.29 is 13.2 Å². The molecule has 0 bridgehead atoms. The van der Waals surface area contributed by atoms with Crippen molar-refractivity contribution in [1.29, 1.82) is 0 Å². The number of rotatable bonds is 4. The van der Waals surface area contributed by atoms with Crippen molar-refractivity contribution in [3.05, 3.63) is 0 Å². The molecule has 0 aromatic rings. The molecule has 0 aromatic heterocycles. The number of hydrogen-bond donors (Lipinski definition) is 0. The average molecular weight is 262 g/mol. The summed E-state index contributed by atoms with van der Waals surface area (Å²) in [6.07, 6.45) is 0.756. The van der Waals surface area contributed by atoms with Crippen LogP contribution in [-0.2, 0) is 14.6 Å². The van der Waals surface area contributed by atoms with Gasteiger partial charge in [0, 0.05) is 13.1 Å². The second-order valence-electron chi connectivity index (χ2n) is 4.47. The Morgan fingerprint density at radius 1 is 1.29 bits per heavy atom. The fraction of sp³-hybridized carbons (Fsp3) is 0.909. The Morgan fingerprint density at radius 2 is 1.82 bits per heavy atom. The van der Waals surface area contributed by atoms with Gasteiger partial charge in [0.15, 0.2) is 9.84 Å². The molecule has 1 aliphatic heterocycles. The number of hydrogen-bond acceptors (Lipinski definition) is 4. The largest absolute Gasteiger partial charge is 0.339 e. The molecule has 1 heterocycles. The molecule has 0 saturated carbocycles. The maximum absolute atomic E-state index is 12.2. The molecule has 1 atom stereocenters. The Hall–Kier alpha value is -0.620. The molecule has 6 heteroatoms. The molecule has 0 aliphatic carbocycles. The lowest BCUT2D eigenvalue weighted by Crippen LogP contribution is -2.51. The van der Waals surface area contributed by atoms with Crippen molar-refractivity contribution >= 4 is 15.7 Å². The van der Waals surface area contributed by atoms with Crippen LogP contribution in [0.15, 0.2) is 0 Å². The smallest absolute Gasteiger partial charge is 0.239 e. The first-order chi connectivity index (χ1) is 7.91.